The van der Waals surface area contributed by atoms with Crippen LogP contribution >= 0.6 is 0 Å². The number of carbonyl (C=O) groups excluding carboxylic acids is 1. The van der Waals surface area contributed by atoms with Crippen LogP contribution in [0.15, 0.2) is 76.1 Å². The van der Waals surface area contributed by atoms with Gasteiger partial charge < -0.3 is 9.84 Å². The quantitative estimate of drug-likeness (QED) is 0.361. The predicted molar refractivity (Wildman–Crippen MR) is 130 cm³/mol. The maximum Gasteiger partial charge on any atom is 0.261 e. The molecule has 4 rings (SSSR count). The Morgan fingerprint density at radius 1 is 0.971 bits per heavy atom. The lowest BCUT2D eigenvalue weighted by Gasteiger charge is -2.10. The van der Waals surface area contributed by atoms with Crippen LogP contribution < -0.4 is 10.0 Å². The first-order valence-corrected chi connectivity index (χ1v) is 12.3. The van der Waals surface area contributed by atoms with E-state index in [1.54, 1.807) is 67.6 Å². The van der Waals surface area contributed by atoms with Crippen molar-refractivity contribution in [3.8, 4) is 11.4 Å². The summed E-state index contributed by atoms with van der Waals surface area (Å²) in [6.07, 6.45) is 0.333. The summed E-state index contributed by atoms with van der Waals surface area (Å²) in [5.41, 5.74) is 2.95. The number of hydrogen-bond acceptors (Lipinski definition) is 6. The van der Waals surface area contributed by atoms with E-state index >= 15 is 0 Å². The highest BCUT2D eigenvalue weighted by Gasteiger charge is 2.15. The van der Waals surface area contributed by atoms with Crippen molar-refractivity contribution >= 4 is 27.3 Å². The van der Waals surface area contributed by atoms with Gasteiger partial charge in [-0.15, -0.1) is 0 Å². The van der Waals surface area contributed by atoms with Crippen LogP contribution in [0.4, 0.5) is 15.8 Å². The fourth-order valence-corrected chi connectivity index (χ4v) is 4.31. The number of carbonyl (C=O) groups is 1. The molecule has 2 N–H and O–H groups in total. The monoisotopic (exact) mass is 494 g/mol. The number of amides is 1. The summed E-state index contributed by atoms with van der Waals surface area (Å²) in [6.45, 7) is 3.53. The molecular formula is C25H23FN4O4S. The molecule has 1 amide bonds. The fraction of sp³-hybridized carbons (Fsp3) is 0.160. The van der Waals surface area contributed by atoms with E-state index in [9.17, 15) is 17.6 Å². The molecule has 0 unspecified atom stereocenters. The van der Waals surface area contributed by atoms with Crippen molar-refractivity contribution in [1.29, 1.82) is 0 Å². The number of hydrogen-bond donors (Lipinski definition) is 2. The lowest BCUT2D eigenvalue weighted by molar-refractivity contribution is -0.116. The Morgan fingerprint density at radius 2 is 1.66 bits per heavy atom. The van der Waals surface area contributed by atoms with Crippen LogP contribution in [0.25, 0.3) is 11.4 Å². The molecule has 0 atom stereocenters. The zero-order valence-electron chi connectivity index (χ0n) is 19.1. The van der Waals surface area contributed by atoms with E-state index in [1.165, 1.54) is 6.07 Å². The Hall–Kier alpha value is -4.05. The Bertz CT molecular complexity index is 1450. The van der Waals surface area contributed by atoms with Gasteiger partial charge in [-0.2, -0.15) is 4.98 Å². The van der Waals surface area contributed by atoms with Gasteiger partial charge in [-0.25, -0.2) is 12.8 Å². The number of nitrogens with one attached hydrogen (secondary N) is 2. The number of nitrogens with zero attached hydrogens (tertiary/aromatic N) is 2. The maximum absolute atomic E-state index is 13.4. The molecule has 0 radical (unpaired) electrons. The van der Waals surface area contributed by atoms with E-state index in [0.717, 1.165) is 5.56 Å². The van der Waals surface area contributed by atoms with Gasteiger partial charge in [-0.3, -0.25) is 9.52 Å². The van der Waals surface area contributed by atoms with Gasteiger partial charge in [-0.05, 0) is 74.0 Å². The smallest absolute Gasteiger partial charge is 0.261 e. The third kappa shape index (κ3) is 6.10. The van der Waals surface area contributed by atoms with Gasteiger partial charge >= 0.3 is 0 Å². The molecule has 0 fully saturated rings. The van der Waals surface area contributed by atoms with Crippen molar-refractivity contribution in [1.82, 2.24) is 10.1 Å². The molecule has 0 aliphatic rings. The summed E-state index contributed by atoms with van der Waals surface area (Å²) in [7, 11) is -3.71. The number of benzene rings is 3. The topological polar surface area (TPSA) is 114 Å². The molecule has 0 saturated heterocycles. The van der Waals surface area contributed by atoms with Crippen LogP contribution in [-0.4, -0.2) is 24.5 Å². The normalized spacial score (nSPS) is 11.3. The molecule has 180 valence electrons. The number of rotatable bonds is 8. The minimum Gasteiger partial charge on any atom is -0.339 e. The second kappa shape index (κ2) is 10.1. The van der Waals surface area contributed by atoms with Crippen LogP contribution in [0.3, 0.4) is 0 Å². The van der Waals surface area contributed by atoms with E-state index in [2.05, 4.69) is 20.2 Å². The molecule has 8 nitrogen and oxygen atoms in total. The van der Waals surface area contributed by atoms with Crippen molar-refractivity contribution in [2.24, 2.45) is 0 Å². The van der Waals surface area contributed by atoms with Gasteiger partial charge in [0.15, 0.2) is 0 Å². The molecule has 0 aliphatic heterocycles. The lowest BCUT2D eigenvalue weighted by atomic mass is 10.1. The summed E-state index contributed by atoms with van der Waals surface area (Å²) in [5, 5.41) is 6.63. The fourth-order valence-electron chi connectivity index (χ4n) is 3.25. The van der Waals surface area contributed by atoms with Gasteiger partial charge in [0.05, 0.1) is 4.90 Å². The number of anilines is 2. The minimum absolute atomic E-state index is 0.103. The second-order valence-corrected chi connectivity index (χ2v) is 9.70. The molecule has 35 heavy (non-hydrogen) atoms. The van der Waals surface area contributed by atoms with Crippen molar-refractivity contribution in [3.63, 3.8) is 0 Å². The average molecular weight is 495 g/mol. The summed E-state index contributed by atoms with van der Waals surface area (Å²) >= 11 is 0. The van der Waals surface area contributed by atoms with Crippen LogP contribution in [-0.2, 0) is 21.2 Å². The van der Waals surface area contributed by atoms with Crippen molar-refractivity contribution in [3.05, 3.63) is 89.6 Å². The molecule has 3 aromatic carbocycles. The van der Waals surface area contributed by atoms with E-state index in [-0.39, 0.29) is 35.4 Å². The Kier molecular flexibility index (Phi) is 6.92. The molecular weight excluding hydrogens is 471 g/mol. The second-order valence-electron chi connectivity index (χ2n) is 8.02. The van der Waals surface area contributed by atoms with Gasteiger partial charge in [0.1, 0.15) is 5.82 Å². The molecule has 1 aromatic heterocycles. The molecule has 1 heterocycles. The summed E-state index contributed by atoms with van der Waals surface area (Å²) < 4.78 is 46.2. The average Bonchev–Trinajstić information content (AvgIpc) is 3.30. The first-order chi connectivity index (χ1) is 16.7. The molecule has 10 heteroatoms. The van der Waals surface area contributed by atoms with Gasteiger partial charge in [-0.1, -0.05) is 22.9 Å². The molecule has 0 bridgehead atoms. The number of aryl methyl sites for hydroxylation is 3. The maximum atomic E-state index is 13.4. The highest BCUT2D eigenvalue weighted by molar-refractivity contribution is 7.92. The summed E-state index contributed by atoms with van der Waals surface area (Å²) in [5.74, 6) is 0.0337. The number of sulfonamides is 1. The third-order valence-corrected chi connectivity index (χ3v) is 6.60. The van der Waals surface area contributed by atoms with Crippen molar-refractivity contribution in [2.75, 3.05) is 10.0 Å². The Labute approximate surface area is 202 Å². The van der Waals surface area contributed by atoms with Gasteiger partial charge in [0.2, 0.25) is 17.6 Å². The van der Waals surface area contributed by atoms with Crippen molar-refractivity contribution in [2.45, 2.75) is 31.6 Å². The standard InChI is InChI=1S/C25H23FN4O4S/c1-16-3-10-21(11-4-16)35(32,33)30-20-8-6-19(7-9-20)27-23(31)13-14-24-28-25(29-34-24)18-5-12-22(26)17(2)15-18/h3-12,15,30H,13-14H2,1-2H3,(H,27,31). The first kappa shape index (κ1) is 24.1. The van der Waals surface area contributed by atoms with Crippen LogP contribution in [0.5, 0.6) is 0 Å². The van der Waals surface area contributed by atoms with E-state index in [4.69, 9.17) is 4.52 Å². The molecule has 4 aromatic rings. The zero-order chi connectivity index (χ0) is 25.0. The highest BCUT2D eigenvalue weighted by Crippen LogP contribution is 2.21. The SMILES string of the molecule is Cc1ccc(S(=O)(=O)Nc2ccc(NC(=O)CCc3nc(-c4ccc(F)c(C)c4)no3)cc2)cc1. The highest BCUT2D eigenvalue weighted by atomic mass is 32.2. The van der Waals surface area contributed by atoms with Gasteiger partial charge in [0.25, 0.3) is 10.0 Å². The van der Waals surface area contributed by atoms with E-state index in [0.29, 0.717) is 28.3 Å². The summed E-state index contributed by atoms with van der Waals surface area (Å²) in [4.78, 5) is 16.7. The van der Waals surface area contributed by atoms with E-state index in [1.807, 2.05) is 6.92 Å². The Balaban J connectivity index is 1.31. The van der Waals surface area contributed by atoms with Crippen LogP contribution in [0.1, 0.15) is 23.4 Å². The third-order valence-electron chi connectivity index (χ3n) is 5.20. The van der Waals surface area contributed by atoms with Gasteiger partial charge in [0, 0.05) is 29.8 Å². The van der Waals surface area contributed by atoms with Crippen LogP contribution in [0.2, 0.25) is 0 Å². The summed E-state index contributed by atoms with van der Waals surface area (Å²) in [6, 6.07) is 17.4. The largest absolute Gasteiger partial charge is 0.339 e. The molecule has 0 aliphatic carbocycles. The molecule has 0 saturated carbocycles. The predicted octanol–water partition coefficient (Wildman–Crippen LogP) is 4.86. The van der Waals surface area contributed by atoms with Crippen molar-refractivity contribution < 1.29 is 22.1 Å². The lowest BCUT2D eigenvalue weighted by Crippen LogP contribution is -2.14. The minimum atomic E-state index is -3.71. The van der Waals surface area contributed by atoms with Crippen LogP contribution in [0, 0.1) is 19.7 Å². The first-order valence-electron chi connectivity index (χ1n) is 10.8. The number of halogens is 1. The van der Waals surface area contributed by atoms with E-state index < -0.39 is 10.0 Å². The zero-order valence-corrected chi connectivity index (χ0v) is 19.9. The molecule has 0 spiro atoms. The Morgan fingerprint density at radius 3 is 2.34 bits per heavy atom. The number of aromatic nitrogens is 2.